The summed E-state index contributed by atoms with van der Waals surface area (Å²) in [5.74, 6) is 1.16. The molecule has 0 saturated heterocycles. The number of amides is 2. The van der Waals surface area contributed by atoms with Crippen LogP contribution in [-0.4, -0.2) is 45.6 Å². The average molecular weight is 422 g/mol. The number of rotatable bonds is 9. The molecule has 0 atom stereocenters. The lowest BCUT2D eigenvalue weighted by atomic mass is 10.2. The van der Waals surface area contributed by atoms with Crippen LogP contribution in [0, 0.1) is 0 Å². The molecule has 1 aromatic heterocycles. The van der Waals surface area contributed by atoms with Crippen LogP contribution in [0.4, 0.5) is 10.5 Å². The van der Waals surface area contributed by atoms with E-state index < -0.39 is 0 Å². The third-order valence-electron chi connectivity index (χ3n) is 5.08. The Hall–Kier alpha value is -3.68. The smallest absolute Gasteiger partial charge is 0.322 e. The van der Waals surface area contributed by atoms with Gasteiger partial charge in [0.2, 0.25) is 0 Å². The fraction of sp³-hybridized carbons (Fsp3) is 0.304. The van der Waals surface area contributed by atoms with Crippen molar-refractivity contribution in [2.75, 3.05) is 19.0 Å². The van der Waals surface area contributed by atoms with Crippen molar-refractivity contribution in [2.24, 2.45) is 0 Å². The molecule has 3 aromatic rings. The summed E-state index contributed by atoms with van der Waals surface area (Å²) in [6.45, 7) is 1.57. The van der Waals surface area contributed by atoms with Gasteiger partial charge < -0.3 is 24.8 Å². The number of aromatic hydroxyl groups is 1. The zero-order valence-electron chi connectivity index (χ0n) is 17.4. The van der Waals surface area contributed by atoms with Crippen molar-refractivity contribution in [3.63, 3.8) is 0 Å². The van der Waals surface area contributed by atoms with Crippen molar-refractivity contribution in [3.8, 4) is 17.2 Å². The van der Waals surface area contributed by atoms with Crippen LogP contribution in [0.5, 0.6) is 17.2 Å². The maximum atomic E-state index is 13.0. The minimum atomic E-state index is -0.164. The molecule has 1 saturated carbocycles. The molecule has 1 fully saturated rings. The Bertz CT molecular complexity index is 1020. The molecular weight excluding hydrogens is 396 g/mol. The maximum Gasteiger partial charge on any atom is 0.322 e. The summed E-state index contributed by atoms with van der Waals surface area (Å²) in [5, 5.41) is 16.9. The minimum Gasteiger partial charge on any atom is -0.504 e. The van der Waals surface area contributed by atoms with Crippen LogP contribution in [0.1, 0.15) is 18.4 Å². The zero-order valence-corrected chi connectivity index (χ0v) is 17.4. The van der Waals surface area contributed by atoms with E-state index in [0.29, 0.717) is 36.9 Å². The van der Waals surface area contributed by atoms with Gasteiger partial charge in [-0.3, -0.25) is 4.68 Å². The van der Waals surface area contributed by atoms with Gasteiger partial charge in [-0.25, -0.2) is 4.79 Å². The summed E-state index contributed by atoms with van der Waals surface area (Å²) in [6, 6.07) is 14.4. The summed E-state index contributed by atoms with van der Waals surface area (Å²) in [6.07, 6.45) is 5.59. The SMILES string of the molecule is COc1cc(CN(C(=O)Nc2cccc(OCCn3cccn3)c2)C2CC2)ccc1O. The number of carbonyl (C=O) groups is 1. The lowest BCUT2D eigenvalue weighted by Gasteiger charge is -2.23. The van der Waals surface area contributed by atoms with Crippen LogP contribution < -0.4 is 14.8 Å². The molecule has 0 bridgehead atoms. The quantitative estimate of drug-likeness (QED) is 0.546. The molecule has 162 valence electrons. The molecule has 0 unspecified atom stereocenters. The summed E-state index contributed by atoms with van der Waals surface area (Å²) in [7, 11) is 1.51. The molecule has 0 spiro atoms. The van der Waals surface area contributed by atoms with Crippen molar-refractivity contribution in [2.45, 2.75) is 32.0 Å². The van der Waals surface area contributed by atoms with Crippen LogP contribution in [-0.2, 0) is 13.1 Å². The fourth-order valence-electron chi connectivity index (χ4n) is 3.32. The molecule has 2 N–H and O–H groups in total. The molecule has 1 aliphatic carbocycles. The normalized spacial score (nSPS) is 12.9. The second-order valence-electron chi connectivity index (χ2n) is 7.44. The number of hydrogen-bond acceptors (Lipinski definition) is 5. The van der Waals surface area contributed by atoms with E-state index in [0.717, 1.165) is 18.4 Å². The highest BCUT2D eigenvalue weighted by atomic mass is 16.5. The summed E-state index contributed by atoms with van der Waals surface area (Å²) in [4.78, 5) is 14.8. The van der Waals surface area contributed by atoms with E-state index in [-0.39, 0.29) is 17.8 Å². The number of urea groups is 1. The Labute approximate surface area is 181 Å². The van der Waals surface area contributed by atoms with Crippen LogP contribution in [0.2, 0.25) is 0 Å². The van der Waals surface area contributed by atoms with E-state index in [1.165, 1.54) is 7.11 Å². The lowest BCUT2D eigenvalue weighted by Crippen LogP contribution is -2.36. The van der Waals surface area contributed by atoms with Gasteiger partial charge in [0.05, 0.1) is 13.7 Å². The van der Waals surface area contributed by atoms with Gasteiger partial charge in [-0.2, -0.15) is 5.10 Å². The monoisotopic (exact) mass is 422 g/mol. The van der Waals surface area contributed by atoms with Crippen LogP contribution in [0.25, 0.3) is 0 Å². The third-order valence-corrected chi connectivity index (χ3v) is 5.08. The van der Waals surface area contributed by atoms with Crippen molar-refractivity contribution in [1.29, 1.82) is 0 Å². The molecule has 1 heterocycles. The number of phenols is 1. The van der Waals surface area contributed by atoms with E-state index in [1.54, 1.807) is 29.1 Å². The predicted molar refractivity (Wildman–Crippen MR) is 116 cm³/mol. The average Bonchev–Trinajstić information content (AvgIpc) is 3.48. The number of carbonyl (C=O) groups excluding carboxylic acids is 1. The molecule has 2 amide bonds. The number of hydrogen-bond donors (Lipinski definition) is 2. The topological polar surface area (TPSA) is 88.9 Å². The Morgan fingerprint density at radius 3 is 2.87 bits per heavy atom. The van der Waals surface area contributed by atoms with Crippen molar-refractivity contribution in [1.82, 2.24) is 14.7 Å². The highest BCUT2D eigenvalue weighted by Crippen LogP contribution is 2.32. The summed E-state index contributed by atoms with van der Waals surface area (Å²) >= 11 is 0. The zero-order chi connectivity index (χ0) is 21.6. The Morgan fingerprint density at radius 2 is 2.13 bits per heavy atom. The molecule has 31 heavy (non-hydrogen) atoms. The standard InChI is InChI=1S/C23H26N4O4/c1-30-22-14-17(6-9-21(22)28)16-27(19-7-8-19)23(29)25-18-4-2-5-20(15-18)31-13-12-26-11-3-10-24-26/h2-6,9-11,14-15,19,28H,7-8,12-13,16H2,1H3,(H,25,29). The summed E-state index contributed by atoms with van der Waals surface area (Å²) in [5.41, 5.74) is 1.57. The van der Waals surface area contributed by atoms with E-state index in [9.17, 15) is 9.90 Å². The fourth-order valence-corrected chi connectivity index (χ4v) is 3.32. The van der Waals surface area contributed by atoms with Gasteiger partial charge in [0, 0.05) is 36.7 Å². The number of aromatic nitrogens is 2. The van der Waals surface area contributed by atoms with E-state index in [2.05, 4.69) is 10.4 Å². The predicted octanol–water partition coefficient (Wildman–Crippen LogP) is 3.87. The summed E-state index contributed by atoms with van der Waals surface area (Å²) < 4.78 is 12.8. The van der Waals surface area contributed by atoms with Crippen LogP contribution in [0.15, 0.2) is 60.9 Å². The molecule has 4 rings (SSSR count). The van der Waals surface area contributed by atoms with Gasteiger partial charge >= 0.3 is 6.03 Å². The van der Waals surface area contributed by atoms with E-state index in [1.807, 2.05) is 41.4 Å². The van der Waals surface area contributed by atoms with Crippen molar-refractivity contribution >= 4 is 11.7 Å². The molecule has 8 heteroatoms. The van der Waals surface area contributed by atoms with Gasteiger partial charge in [-0.15, -0.1) is 0 Å². The second-order valence-corrected chi connectivity index (χ2v) is 7.44. The molecule has 1 aliphatic rings. The van der Waals surface area contributed by atoms with Gasteiger partial charge in [0.25, 0.3) is 0 Å². The molecule has 8 nitrogen and oxygen atoms in total. The van der Waals surface area contributed by atoms with Gasteiger partial charge in [0.1, 0.15) is 12.4 Å². The van der Waals surface area contributed by atoms with Gasteiger partial charge in [-0.05, 0) is 48.7 Å². The maximum absolute atomic E-state index is 13.0. The molecule has 0 radical (unpaired) electrons. The van der Waals surface area contributed by atoms with Crippen molar-refractivity contribution in [3.05, 3.63) is 66.5 Å². The largest absolute Gasteiger partial charge is 0.504 e. The first kappa shape index (κ1) is 20.6. The number of methoxy groups -OCH3 is 1. The first-order valence-electron chi connectivity index (χ1n) is 10.3. The Kier molecular flexibility index (Phi) is 6.26. The number of nitrogens with one attached hydrogen (secondary N) is 1. The van der Waals surface area contributed by atoms with Crippen molar-refractivity contribution < 1.29 is 19.4 Å². The highest BCUT2D eigenvalue weighted by Gasteiger charge is 2.32. The number of anilines is 1. The number of nitrogens with zero attached hydrogens (tertiary/aromatic N) is 3. The third kappa shape index (κ3) is 5.48. The lowest BCUT2D eigenvalue weighted by molar-refractivity contribution is 0.206. The molecule has 2 aromatic carbocycles. The number of phenolic OH excluding ortho intramolecular Hbond substituents is 1. The molecule has 0 aliphatic heterocycles. The highest BCUT2D eigenvalue weighted by molar-refractivity contribution is 5.90. The van der Waals surface area contributed by atoms with E-state index in [4.69, 9.17) is 9.47 Å². The van der Waals surface area contributed by atoms with E-state index >= 15 is 0 Å². The first-order chi connectivity index (χ1) is 15.1. The van der Waals surface area contributed by atoms with Crippen LogP contribution in [0.3, 0.4) is 0 Å². The number of benzene rings is 2. The number of ether oxygens (including phenoxy) is 2. The second kappa shape index (κ2) is 9.42. The van der Waals surface area contributed by atoms with Crippen LogP contribution >= 0.6 is 0 Å². The van der Waals surface area contributed by atoms with Gasteiger partial charge in [0.15, 0.2) is 11.5 Å². The van der Waals surface area contributed by atoms with Gasteiger partial charge in [-0.1, -0.05) is 12.1 Å². The first-order valence-corrected chi connectivity index (χ1v) is 10.3. The minimum absolute atomic E-state index is 0.0815. The molecular formula is C23H26N4O4. The Balaban J connectivity index is 1.37. The Morgan fingerprint density at radius 1 is 1.26 bits per heavy atom.